The van der Waals surface area contributed by atoms with Crippen LogP contribution < -0.4 is 5.32 Å². The van der Waals surface area contributed by atoms with E-state index in [9.17, 15) is 0 Å². The lowest BCUT2D eigenvalue weighted by Gasteiger charge is -2.06. The number of benzene rings is 1. The number of aryl methyl sites for hydroxylation is 1. The molecule has 3 heterocycles. The van der Waals surface area contributed by atoms with E-state index in [0.29, 0.717) is 0 Å². The second-order valence-corrected chi connectivity index (χ2v) is 5.50. The molecule has 0 unspecified atom stereocenters. The Labute approximate surface area is 128 Å². The largest absolute Gasteiger partial charge is 0.373 e. The van der Waals surface area contributed by atoms with Gasteiger partial charge >= 0.3 is 0 Å². The molecule has 0 atom stereocenters. The minimum atomic E-state index is 0.875. The second-order valence-electron chi connectivity index (χ2n) is 5.50. The van der Waals surface area contributed by atoms with Gasteiger partial charge in [-0.05, 0) is 42.1 Å². The number of aromatic amines is 1. The summed E-state index contributed by atoms with van der Waals surface area (Å²) < 4.78 is 0. The third-order valence-corrected chi connectivity index (χ3v) is 3.92. The van der Waals surface area contributed by atoms with E-state index in [0.717, 1.165) is 39.1 Å². The van der Waals surface area contributed by atoms with Crippen molar-refractivity contribution in [2.45, 2.75) is 6.92 Å². The van der Waals surface area contributed by atoms with Crippen LogP contribution in [0.25, 0.3) is 32.9 Å². The molecule has 0 fully saturated rings. The van der Waals surface area contributed by atoms with Gasteiger partial charge in [0.25, 0.3) is 0 Å². The second kappa shape index (κ2) is 4.84. The van der Waals surface area contributed by atoms with Crippen molar-refractivity contribution in [3.63, 3.8) is 0 Å². The molecule has 0 radical (unpaired) electrons. The van der Waals surface area contributed by atoms with Gasteiger partial charge in [-0.3, -0.25) is 0 Å². The Morgan fingerprint density at radius 2 is 1.73 bits per heavy atom. The van der Waals surface area contributed by atoms with Crippen LogP contribution in [0.4, 0.5) is 5.82 Å². The lowest BCUT2D eigenvalue weighted by molar-refractivity contribution is 1.25. The summed E-state index contributed by atoms with van der Waals surface area (Å²) in [7, 11) is 1.88. The van der Waals surface area contributed by atoms with Gasteiger partial charge in [0.1, 0.15) is 11.5 Å². The van der Waals surface area contributed by atoms with E-state index in [1.165, 1.54) is 5.39 Å². The number of fused-ring (bicyclic) bond motifs is 2. The van der Waals surface area contributed by atoms with E-state index in [1.807, 2.05) is 26.4 Å². The van der Waals surface area contributed by atoms with Crippen molar-refractivity contribution in [3.8, 4) is 11.1 Å². The normalized spacial score (nSPS) is 11.2. The first-order valence-corrected chi connectivity index (χ1v) is 7.26. The monoisotopic (exact) mass is 288 g/mol. The van der Waals surface area contributed by atoms with Crippen molar-refractivity contribution >= 4 is 27.6 Å². The van der Waals surface area contributed by atoms with Gasteiger partial charge in [-0.25, -0.2) is 9.97 Å². The zero-order chi connectivity index (χ0) is 15.1. The Kier molecular flexibility index (Phi) is 2.82. The minimum Gasteiger partial charge on any atom is -0.373 e. The average molecular weight is 288 g/mol. The summed E-state index contributed by atoms with van der Waals surface area (Å²) in [5.41, 5.74) is 4.34. The number of hydrogen-bond donors (Lipinski definition) is 2. The molecule has 4 heteroatoms. The summed E-state index contributed by atoms with van der Waals surface area (Å²) in [6.45, 7) is 2.05. The van der Waals surface area contributed by atoms with Crippen molar-refractivity contribution in [2.75, 3.05) is 12.4 Å². The van der Waals surface area contributed by atoms with E-state index < -0.39 is 0 Å². The number of nitrogens with one attached hydrogen (secondary N) is 2. The molecule has 4 aromatic rings. The minimum absolute atomic E-state index is 0.875. The third-order valence-electron chi connectivity index (χ3n) is 3.92. The highest BCUT2D eigenvalue weighted by molar-refractivity contribution is 5.90. The Bertz CT molecular complexity index is 985. The maximum absolute atomic E-state index is 4.51. The number of rotatable bonds is 2. The SMILES string of the molecule is CNc1cc2cc(-c3cnc4[nH]c(C)cc4c3)ccc2cn1. The van der Waals surface area contributed by atoms with Crippen LogP contribution in [0.15, 0.2) is 48.8 Å². The molecular formula is C18H16N4. The number of nitrogens with zero attached hydrogens (tertiary/aromatic N) is 2. The molecule has 0 saturated heterocycles. The average Bonchev–Trinajstić information content (AvgIpc) is 2.92. The molecule has 0 spiro atoms. The van der Waals surface area contributed by atoms with Crippen molar-refractivity contribution in [1.82, 2.24) is 15.0 Å². The van der Waals surface area contributed by atoms with Crippen molar-refractivity contribution < 1.29 is 0 Å². The fourth-order valence-electron chi connectivity index (χ4n) is 2.77. The molecule has 0 aliphatic carbocycles. The van der Waals surface area contributed by atoms with Gasteiger partial charge < -0.3 is 10.3 Å². The van der Waals surface area contributed by atoms with E-state index in [2.05, 4.69) is 56.7 Å². The van der Waals surface area contributed by atoms with Gasteiger partial charge in [0.2, 0.25) is 0 Å². The summed E-state index contributed by atoms with van der Waals surface area (Å²) in [5.74, 6) is 0.875. The molecule has 0 aliphatic rings. The maximum Gasteiger partial charge on any atom is 0.137 e. The highest BCUT2D eigenvalue weighted by Gasteiger charge is 2.05. The first-order chi connectivity index (χ1) is 10.7. The zero-order valence-electron chi connectivity index (χ0n) is 12.5. The van der Waals surface area contributed by atoms with Crippen LogP contribution in [0.5, 0.6) is 0 Å². The number of H-pyrrole nitrogens is 1. The molecular weight excluding hydrogens is 272 g/mol. The van der Waals surface area contributed by atoms with Crippen LogP contribution in [0.1, 0.15) is 5.69 Å². The van der Waals surface area contributed by atoms with Crippen LogP contribution in [0.3, 0.4) is 0 Å². The molecule has 4 rings (SSSR count). The summed E-state index contributed by atoms with van der Waals surface area (Å²) in [5, 5.41) is 6.52. The molecule has 3 aromatic heterocycles. The smallest absolute Gasteiger partial charge is 0.137 e. The third kappa shape index (κ3) is 2.09. The van der Waals surface area contributed by atoms with E-state index in [-0.39, 0.29) is 0 Å². The van der Waals surface area contributed by atoms with Crippen LogP contribution in [0.2, 0.25) is 0 Å². The zero-order valence-corrected chi connectivity index (χ0v) is 12.5. The number of hydrogen-bond acceptors (Lipinski definition) is 3. The van der Waals surface area contributed by atoms with Gasteiger partial charge in [0.05, 0.1) is 0 Å². The topological polar surface area (TPSA) is 53.6 Å². The molecule has 0 amide bonds. The van der Waals surface area contributed by atoms with Gasteiger partial charge in [-0.1, -0.05) is 12.1 Å². The molecule has 0 aliphatic heterocycles. The summed E-state index contributed by atoms with van der Waals surface area (Å²) in [6, 6.07) is 12.8. The van der Waals surface area contributed by atoms with Gasteiger partial charge in [0.15, 0.2) is 0 Å². The number of anilines is 1. The summed E-state index contributed by atoms with van der Waals surface area (Å²) >= 11 is 0. The summed E-state index contributed by atoms with van der Waals surface area (Å²) in [4.78, 5) is 12.1. The van der Waals surface area contributed by atoms with E-state index >= 15 is 0 Å². The van der Waals surface area contributed by atoms with Crippen molar-refractivity contribution in [1.29, 1.82) is 0 Å². The molecule has 1 aromatic carbocycles. The van der Waals surface area contributed by atoms with Gasteiger partial charge in [0, 0.05) is 41.5 Å². The van der Waals surface area contributed by atoms with Gasteiger partial charge in [-0.15, -0.1) is 0 Å². The summed E-state index contributed by atoms with van der Waals surface area (Å²) in [6.07, 6.45) is 3.81. The quantitative estimate of drug-likeness (QED) is 0.583. The first-order valence-electron chi connectivity index (χ1n) is 7.26. The Hall–Kier alpha value is -2.88. The molecule has 22 heavy (non-hydrogen) atoms. The number of aromatic nitrogens is 3. The maximum atomic E-state index is 4.51. The lowest BCUT2D eigenvalue weighted by Crippen LogP contribution is -1.91. The number of pyridine rings is 2. The van der Waals surface area contributed by atoms with Crippen molar-refractivity contribution in [3.05, 3.63) is 54.5 Å². The Morgan fingerprint density at radius 3 is 2.59 bits per heavy atom. The van der Waals surface area contributed by atoms with Crippen LogP contribution in [-0.4, -0.2) is 22.0 Å². The predicted octanol–water partition coefficient (Wildman–Crippen LogP) is 4.13. The van der Waals surface area contributed by atoms with E-state index in [1.54, 1.807) is 0 Å². The molecule has 2 N–H and O–H groups in total. The predicted molar refractivity (Wildman–Crippen MR) is 91.1 cm³/mol. The standard InChI is InChI=1S/C18H16N4/c1-11-5-15-7-16(10-21-18(15)22-11)12-3-4-13-9-20-17(19-2)8-14(13)6-12/h3-10H,1-2H3,(H,19,20)(H,21,22). The van der Waals surface area contributed by atoms with Gasteiger partial charge in [-0.2, -0.15) is 0 Å². The fourth-order valence-corrected chi connectivity index (χ4v) is 2.77. The molecule has 4 nitrogen and oxygen atoms in total. The van der Waals surface area contributed by atoms with Crippen LogP contribution >= 0.6 is 0 Å². The lowest BCUT2D eigenvalue weighted by atomic mass is 10.0. The highest BCUT2D eigenvalue weighted by Crippen LogP contribution is 2.27. The molecule has 0 bridgehead atoms. The fraction of sp³-hybridized carbons (Fsp3) is 0.111. The van der Waals surface area contributed by atoms with E-state index in [4.69, 9.17) is 0 Å². The Morgan fingerprint density at radius 1 is 0.864 bits per heavy atom. The highest BCUT2D eigenvalue weighted by atomic mass is 14.9. The van der Waals surface area contributed by atoms with Crippen molar-refractivity contribution in [2.24, 2.45) is 0 Å². The Balaban J connectivity index is 1.87. The van der Waals surface area contributed by atoms with Crippen LogP contribution in [0, 0.1) is 6.92 Å². The molecule has 0 saturated carbocycles. The van der Waals surface area contributed by atoms with Crippen LogP contribution in [-0.2, 0) is 0 Å². The first kappa shape index (κ1) is 12.8. The molecule has 108 valence electrons.